The number of carbonyl (C=O) groups is 1. The Morgan fingerprint density at radius 1 is 1.35 bits per heavy atom. The van der Waals surface area contributed by atoms with E-state index in [-0.39, 0.29) is 5.91 Å². The van der Waals surface area contributed by atoms with Gasteiger partial charge in [0, 0.05) is 5.56 Å². The number of carbonyl (C=O) groups excluding carboxylic acids is 1. The van der Waals surface area contributed by atoms with Crippen LogP contribution in [0.25, 0.3) is 0 Å². The molecule has 0 bridgehead atoms. The van der Waals surface area contributed by atoms with Crippen molar-refractivity contribution >= 4 is 17.2 Å². The molecule has 0 saturated carbocycles. The second kappa shape index (κ2) is 5.05. The van der Waals surface area contributed by atoms with Gasteiger partial charge in [-0.1, -0.05) is 29.0 Å². The number of amides is 1. The lowest BCUT2D eigenvalue weighted by Crippen LogP contribution is -2.22. The molecular weight excluding hydrogens is 234 g/mol. The van der Waals surface area contributed by atoms with Gasteiger partial charge in [-0.2, -0.15) is 0 Å². The summed E-state index contributed by atoms with van der Waals surface area (Å²) in [6.45, 7) is 4.28. The van der Waals surface area contributed by atoms with E-state index in [1.165, 1.54) is 11.3 Å². The summed E-state index contributed by atoms with van der Waals surface area (Å²) in [6, 6.07) is 7.50. The maximum absolute atomic E-state index is 11.8. The van der Waals surface area contributed by atoms with Crippen LogP contribution in [0, 0.1) is 13.8 Å². The highest BCUT2D eigenvalue weighted by molar-refractivity contribution is 7.11. The van der Waals surface area contributed by atoms with Crippen LogP contribution >= 0.6 is 11.3 Å². The van der Waals surface area contributed by atoms with Gasteiger partial charge in [0.25, 0.3) is 5.91 Å². The molecule has 0 aliphatic heterocycles. The van der Waals surface area contributed by atoms with E-state index >= 15 is 0 Å². The molecule has 2 aromatic rings. The van der Waals surface area contributed by atoms with Crippen molar-refractivity contribution in [1.29, 1.82) is 0 Å². The lowest BCUT2D eigenvalue weighted by molar-refractivity contribution is 0.0950. The molecule has 0 spiro atoms. The van der Waals surface area contributed by atoms with E-state index in [2.05, 4.69) is 15.5 Å². The van der Waals surface area contributed by atoms with Crippen molar-refractivity contribution in [1.82, 2.24) is 15.5 Å². The Labute approximate surface area is 104 Å². The second-order valence-electron chi connectivity index (χ2n) is 3.77. The maximum atomic E-state index is 11.8. The van der Waals surface area contributed by atoms with Crippen LogP contribution in [0.1, 0.15) is 25.9 Å². The molecule has 4 nitrogen and oxygen atoms in total. The van der Waals surface area contributed by atoms with Gasteiger partial charge in [-0.3, -0.25) is 4.79 Å². The van der Waals surface area contributed by atoms with Gasteiger partial charge >= 0.3 is 0 Å². The zero-order chi connectivity index (χ0) is 12.3. The van der Waals surface area contributed by atoms with Crippen LogP contribution in [0.2, 0.25) is 0 Å². The van der Waals surface area contributed by atoms with Gasteiger partial charge in [0.1, 0.15) is 10.0 Å². The summed E-state index contributed by atoms with van der Waals surface area (Å²) in [5.41, 5.74) is 1.75. The fraction of sp³-hybridized carbons (Fsp3) is 0.250. The molecule has 88 valence electrons. The number of aromatic nitrogens is 2. The molecule has 2 rings (SSSR count). The summed E-state index contributed by atoms with van der Waals surface area (Å²) < 4.78 is 0. The number of aryl methyl sites for hydroxylation is 2. The smallest absolute Gasteiger partial charge is 0.251 e. The molecule has 0 aliphatic rings. The van der Waals surface area contributed by atoms with E-state index in [1.807, 2.05) is 32.0 Å². The van der Waals surface area contributed by atoms with Crippen molar-refractivity contribution in [2.24, 2.45) is 0 Å². The molecule has 1 N–H and O–H groups in total. The first-order chi connectivity index (χ1) is 8.15. The highest BCUT2D eigenvalue weighted by Gasteiger charge is 2.06. The van der Waals surface area contributed by atoms with Crippen LogP contribution < -0.4 is 5.32 Å². The van der Waals surface area contributed by atoms with Crippen molar-refractivity contribution in [3.05, 3.63) is 45.4 Å². The fourth-order valence-electron chi connectivity index (χ4n) is 1.45. The number of benzene rings is 1. The molecule has 1 amide bonds. The number of rotatable bonds is 3. The molecule has 0 radical (unpaired) electrons. The number of hydrogen-bond donors (Lipinski definition) is 1. The van der Waals surface area contributed by atoms with Crippen LogP contribution in [0.3, 0.4) is 0 Å². The summed E-state index contributed by atoms with van der Waals surface area (Å²) in [4.78, 5) is 11.8. The Hall–Kier alpha value is -1.75. The molecule has 0 aliphatic carbocycles. The standard InChI is InChI=1S/C12H13N3OS/c1-8-4-3-5-10(6-8)12(16)13-7-11-15-14-9(2)17-11/h3-6H,7H2,1-2H3,(H,13,16). The zero-order valence-electron chi connectivity index (χ0n) is 9.73. The first kappa shape index (κ1) is 11.7. The quantitative estimate of drug-likeness (QED) is 0.903. The largest absolute Gasteiger partial charge is 0.345 e. The lowest BCUT2D eigenvalue weighted by Gasteiger charge is -2.03. The Kier molecular flexibility index (Phi) is 3.49. The number of hydrogen-bond acceptors (Lipinski definition) is 4. The first-order valence-electron chi connectivity index (χ1n) is 5.29. The highest BCUT2D eigenvalue weighted by Crippen LogP contribution is 2.08. The summed E-state index contributed by atoms with van der Waals surface area (Å²) in [5.74, 6) is -0.0819. The second-order valence-corrected chi connectivity index (χ2v) is 5.03. The van der Waals surface area contributed by atoms with Crippen molar-refractivity contribution < 1.29 is 4.79 Å². The zero-order valence-corrected chi connectivity index (χ0v) is 10.5. The van der Waals surface area contributed by atoms with Crippen molar-refractivity contribution in [3.8, 4) is 0 Å². The predicted molar refractivity (Wildman–Crippen MR) is 67.0 cm³/mol. The van der Waals surface area contributed by atoms with Crippen LogP contribution in [-0.2, 0) is 6.54 Å². The molecule has 1 aromatic heterocycles. The number of nitrogens with zero attached hydrogens (tertiary/aromatic N) is 2. The molecule has 0 atom stereocenters. The Balaban J connectivity index is 1.98. The minimum atomic E-state index is -0.0819. The lowest BCUT2D eigenvalue weighted by atomic mass is 10.1. The third-order valence-corrected chi connectivity index (χ3v) is 3.09. The van der Waals surface area contributed by atoms with Crippen LogP contribution in [0.4, 0.5) is 0 Å². The van der Waals surface area contributed by atoms with E-state index in [0.717, 1.165) is 15.6 Å². The predicted octanol–water partition coefficient (Wildman–Crippen LogP) is 2.08. The normalized spacial score (nSPS) is 10.2. The van der Waals surface area contributed by atoms with E-state index in [9.17, 15) is 4.79 Å². The van der Waals surface area contributed by atoms with Gasteiger partial charge < -0.3 is 5.32 Å². The minimum absolute atomic E-state index is 0.0819. The van der Waals surface area contributed by atoms with Gasteiger partial charge in [0.15, 0.2) is 0 Å². The SMILES string of the molecule is Cc1cccc(C(=O)NCc2nnc(C)s2)c1. The van der Waals surface area contributed by atoms with E-state index in [0.29, 0.717) is 12.1 Å². The average molecular weight is 247 g/mol. The summed E-state index contributed by atoms with van der Waals surface area (Å²) >= 11 is 1.49. The van der Waals surface area contributed by atoms with E-state index in [4.69, 9.17) is 0 Å². The third kappa shape index (κ3) is 3.10. The van der Waals surface area contributed by atoms with Crippen LogP contribution in [-0.4, -0.2) is 16.1 Å². The monoisotopic (exact) mass is 247 g/mol. The molecule has 0 fully saturated rings. The van der Waals surface area contributed by atoms with Crippen molar-refractivity contribution in [2.45, 2.75) is 20.4 Å². The minimum Gasteiger partial charge on any atom is -0.345 e. The topological polar surface area (TPSA) is 54.9 Å². The van der Waals surface area contributed by atoms with Gasteiger partial charge in [0.2, 0.25) is 0 Å². The van der Waals surface area contributed by atoms with Gasteiger partial charge in [0.05, 0.1) is 6.54 Å². The molecule has 0 unspecified atom stereocenters. The summed E-state index contributed by atoms with van der Waals surface area (Å²) in [6.07, 6.45) is 0. The fourth-order valence-corrected chi connectivity index (χ4v) is 2.10. The van der Waals surface area contributed by atoms with Crippen LogP contribution in [0.5, 0.6) is 0 Å². The summed E-state index contributed by atoms with van der Waals surface area (Å²) in [5, 5.41) is 12.4. The maximum Gasteiger partial charge on any atom is 0.251 e. The van der Waals surface area contributed by atoms with Crippen LogP contribution in [0.15, 0.2) is 24.3 Å². The molecule has 1 aromatic carbocycles. The van der Waals surface area contributed by atoms with Gasteiger partial charge in [-0.15, -0.1) is 10.2 Å². The molecule has 1 heterocycles. The van der Waals surface area contributed by atoms with Gasteiger partial charge in [-0.25, -0.2) is 0 Å². The van der Waals surface area contributed by atoms with Crippen molar-refractivity contribution in [2.75, 3.05) is 0 Å². The van der Waals surface area contributed by atoms with Crippen molar-refractivity contribution in [3.63, 3.8) is 0 Å². The average Bonchev–Trinajstić information content (AvgIpc) is 2.72. The van der Waals surface area contributed by atoms with Gasteiger partial charge in [-0.05, 0) is 26.0 Å². The van der Waals surface area contributed by atoms with E-state index in [1.54, 1.807) is 6.07 Å². The number of nitrogens with one attached hydrogen (secondary N) is 1. The Morgan fingerprint density at radius 2 is 2.18 bits per heavy atom. The molecule has 0 saturated heterocycles. The van der Waals surface area contributed by atoms with E-state index < -0.39 is 0 Å². The Morgan fingerprint density at radius 3 is 2.82 bits per heavy atom. The molecular formula is C12H13N3OS. The first-order valence-corrected chi connectivity index (χ1v) is 6.10. The summed E-state index contributed by atoms with van der Waals surface area (Å²) in [7, 11) is 0. The molecule has 17 heavy (non-hydrogen) atoms. The third-order valence-electron chi connectivity index (χ3n) is 2.25. The highest BCUT2D eigenvalue weighted by atomic mass is 32.1. The Bertz CT molecular complexity index is 536. The molecule has 5 heteroatoms.